The lowest BCUT2D eigenvalue weighted by atomic mass is 9.77. The van der Waals surface area contributed by atoms with E-state index in [2.05, 4.69) is 25.6 Å². The first kappa shape index (κ1) is 30.1. The zero-order valence-electron chi connectivity index (χ0n) is 21.6. The Balaban J connectivity index is 0.00000481. The Morgan fingerprint density at radius 2 is 1.49 bits per heavy atom. The van der Waals surface area contributed by atoms with Crippen molar-refractivity contribution in [3.8, 4) is 11.5 Å². The van der Waals surface area contributed by atoms with Crippen molar-refractivity contribution in [1.29, 1.82) is 0 Å². The number of rotatable bonds is 14. The predicted molar refractivity (Wildman–Crippen MR) is 149 cm³/mol. The van der Waals surface area contributed by atoms with Crippen LogP contribution < -0.4 is 9.47 Å². The molecule has 2 aromatic carbocycles. The monoisotopic (exact) mass is 508 g/mol. The fraction of sp³-hybridized carbons (Fsp3) is 0.500. The van der Waals surface area contributed by atoms with Gasteiger partial charge >= 0.3 is 11.9 Å². The third-order valence-corrected chi connectivity index (χ3v) is 6.91. The number of hydrogen-bond donors (Lipinski definition) is 0. The molecule has 0 saturated heterocycles. The van der Waals surface area contributed by atoms with Crippen LogP contribution in [0.25, 0.3) is 0 Å². The van der Waals surface area contributed by atoms with Crippen LogP contribution >= 0.6 is 0 Å². The zero-order valence-corrected chi connectivity index (χ0v) is 21.6. The van der Waals surface area contributed by atoms with E-state index in [1.807, 2.05) is 12.1 Å². The van der Waals surface area contributed by atoms with E-state index in [0.29, 0.717) is 30.4 Å². The van der Waals surface area contributed by atoms with Gasteiger partial charge in [-0.1, -0.05) is 45.9 Å². The smallest absolute Gasteiger partial charge is 0.343 e. The third-order valence-electron chi connectivity index (χ3n) is 6.91. The van der Waals surface area contributed by atoms with Gasteiger partial charge < -0.3 is 14.2 Å². The Bertz CT molecular complexity index is 940. The zero-order chi connectivity index (χ0) is 25.6. The van der Waals surface area contributed by atoms with Crippen LogP contribution in [0.5, 0.6) is 11.5 Å². The molecule has 0 amide bonds. The maximum atomic E-state index is 12.6. The SMILES string of the molecule is C.C=CC(=O)OCCCCCCOc1ccc(C(=O)Oc2ccc(C3CCC(CCC)CC3)cc2)cc1. The standard InChI is InChI=1S/C31H40O5.CH4/c1-3-9-24-10-12-25(13-11-24)26-14-20-29(21-15-26)36-31(33)27-16-18-28(19-17-27)34-22-7-5-6-8-23-35-30(32)4-2;/h4,14-21,24-25H,2-3,5-13,22-23H2,1H3;1H4. The van der Waals surface area contributed by atoms with Gasteiger partial charge in [-0.3, -0.25) is 0 Å². The molecule has 0 atom stereocenters. The molecule has 0 spiro atoms. The molecule has 1 saturated carbocycles. The number of unbranched alkanes of at least 4 members (excludes halogenated alkanes) is 3. The van der Waals surface area contributed by atoms with E-state index < -0.39 is 0 Å². The average molecular weight is 509 g/mol. The van der Waals surface area contributed by atoms with Crippen LogP contribution in [0.15, 0.2) is 61.2 Å². The Kier molecular flexibility index (Phi) is 13.5. The van der Waals surface area contributed by atoms with Crippen LogP contribution in [0.3, 0.4) is 0 Å². The van der Waals surface area contributed by atoms with E-state index in [1.165, 1.54) is 50.2 Å². The molecule has 37 heavy (non-hydrogen) atoms. The Labute approximate surface area is 223 Å². The number of carbonyl (C=O) groups excluding carboxylic acids is 2. The molecule has 0 radical (unpaired) electrons. The van der Waals surface area contributed by atoms with E-state index in [4.69, 9.17) is 14.2 Å². The van der Waals surface area contributed by atoms with Crippen molar-refractivity contribution in [2.75, 3.05) is 13.2 Å². The van der Waals surface area contributed by atoms with Crippen LogP contribution in [0, 0.1) is 5.92 Å². The molecule has 2 aromatic rings. The summed E-state index contributed by atoms with van der Waals surface area (Å²) in [6, 6.07) is 15.1. The van der Waals surface area contributed by atoms with E-state index in [-0.39, 0.29) is 19.4 Å². The average Bonchev–Trinajstić information content (AvgIpc) is 2.91. The summed E-state index contributed by atoms with van der Waals surface area (Å²) < 4.78 is 16.3. The number of hydrogen-bond acceptors (Lipinski definition) is 5. The van der Waals surface area contributed by atoms with Gasteiger partial charge in [0.15, 0.2) is 0 Å². The summed E-state index contributed by atoms with van der Waals surface area (Å²) in [7, 11) is 0. The lowest BCUT2D eigenvalue weighted by Crippen LogP contribution is -2.13. The second-order valence-electron chi connectivity index (χ2n) is 9.62. The highest BCUT2D eigenvalue weighted by Crippen LogP contribution is 2.37. The number of ether oxygens (including phenoxy) is 3. The molecule has 0 aromatic heterocycles. The highest BCUT2D eigenvalue weighted by atomic mass is 16.5. The van der Waals surface area contributed by atoms with Gasteiger partial charge in [0.2, 0.25) is 0 Å². The van der Waals surface area contributed by atoms with Crippen LogP contribution in [-0.2, 0) is 9.53 Å². The van der Waals surface area contributed by atoms with Gasteiger partial charge in [0.1, 0.15) is 11.5 Å². The molecule has 3 rings (SSSR count). The minimum absolute atomic E-state index is 0. The van der Waals surface area contributed by atoms with Crippen LogP contribution in [0.2, 0.25) is 0 Å². The van der Waals surface area contributed by atoms with Crippen LogP contribution in [0.4, 0.5) is 0 Å². The van der Waals surface area contributed by atoms with Gasteiger partial charge in [0.05, 0.1) is 18.8 Å². The minimum Gasteiger partial charge on any atom is -0.494 e. The summed E-state index contributed by atoms with van der Waals surface area (Å²) in [6.07, 6.45) is 12.7. The minimum atomic E-state index is -0.376. The van der Waals surface area contributed by atoms with Crippen LogP contribution in [0.1, 0.15) is 100 Å². The number of carbonyl (C=O) groups is 2. The van der Waals surface area contributed by atoms with Crippen molar-refractivity contribution >= 4 is 11.9 Å². The molecule has 1 aliphatic rings. The van der Waals surface area contributed by atoms with E-state index in [9.17, 15) is 9.59 Å². The quantitative estimate of drug-likeness (QED) is 0.111. The molecule has 5 heteroatoms. The van der Waals surface area contributed by atoms with Gasteiger partial charge in [-0.05, 0) is 105 Å². The lowest BCUT2D eigenvalue weighted by Gasteiger charge is -2.28. The molecule has 0 heterocycles. The van der Waals surface area contributed by atoms with Gasteiger partial charge in [-0.2, -0.15) is 0 Å². The molecule has 0 aliphatic heterocycles. The lowest BCUT2D eigenvalue weighted by molar-refractivity contribution is -0.137. The fourth-order valence-electron chi connectivity index (χ4n) is 4.83. The first-order valence-corrected chi connectivity index (χ1v) is 13.4. The van der Waals surface area contributed by atoms with E-state index in [0.717, 1.165) is 37.4 Å². The summed E-state index contributed by atoms with van der Waals surface area (Å²) in [6.45, 7) is 6.67. The molecule has 0 bridgehead atoms. The summed E-state index contributed by atoms with van der Waals surface area (Å²) in [5.74, 6) is 2.07. The van der Waals surface area contributed by atoms with Crippen molar-refractivity contribution < 1.29 is 23.8 Å². The topological polar surface area (TPSA) is 61.8 Å². The fourth-order valence-corrected chi connectivity index (χ4v) is 4.83. The van der Waals surface area contributed by atoms with Gasteiger partial charge in [0, 0.05) is 6.08 Å². The highest BCUT2D eigenvalue weighted by Gasteiger charge is 2.22. The second-order valence-corrected chi connectivity index (χ2v) is 9.62. The van der Waals surface area contributed by atoms with E-state index in [1.54, 1.807) is 24.3 Å². The van der Waals surface area contributed by atoms with Crippen molar-refractivity contribution in [2.45, 2.75) is 84.5 Å². The first-order chi connectivity index (χ1) is 17.6. The number of esters is 2. The number of benzene rings is 2. The largest absolute Gasteiger partial charge is 0.494 e. The molecular weight excluding hydrogens is 464 g/mol. The summed E-state index contributed by atoms with van der Waals surface area (Å²) in [5.41, 5.74) is 1.84. The molecule has 0 unspecified atom stereocenters. The second kappa shape index (κ2) is 16.6. The molecule has 1 fully saturated rings. The third kappa shape index (κ3) is 10.4. The maximum Gasteiger partial charge on any atom is 0.343 e. The maximum absolute atomic E-state index is 12.6. The predicted octanol–water partition coefficient (Wildman–Crippen LogP) is 8.28. The molecule has 0 N–H and O–H groups in total. The van der Waals surface area contributed by atoms with Crippen molar-refractivity contribution in [3.05, 3.63) is 72.3 Å². The van der Waals surface area contributed by atoms with Crippen molar-refractivity contribution in [2.24, 2.45) is 5.92 Å². The van der Waals surface area contributed by atoms with Crippen LogP contribution in [-0.4, -0.2) is 25.2 Å². The Morgan fingerprint density at radius 3 is 2.11 bits per heavy atom. The van der Waals surface area contributed by atoms with E-state index >= 15 is 0 Å². The highest BCUT2D eigenvalue weighted by molar-refractivity contribution is 5.91. The molecule has 5 nitrogen and oxygen atoms in total. The summed E-state index contributed by atoms with van der Waals surface area (Å²) in [5, 5.41) is 0. The summed E-state index contributed by atoms with van der Waals surface area (Å²) >= 11 is 0. The molecular formula is C32H44O5. The normalized spacial score (nSPS) is 16.8. The Morgan fingerprint density at radius 1 is 0.865 bits per heavy atom. The first-order valence-electron chi connectivity index (χ1n) is 13.4. The van der Waals surface area contributed by atoms with Crippen molar-refractivity contribution in [1.82, 2.24) is 0 Å². The Hall–Kier alpha value is -3.08. The van der Waals surface area contributed by atoms with Gasteiger partial charge in [-0.25, -0.2) is 9.59 Å². The van der Waals surface area contributed by atoms with Gasteiger partial charge in [-0.15, -0.1) is 0 Å². The van der Waals surface area contributed by atoms with Crippen molar-refractivity contribution in [3.63, 3.8) is 0 Å². The molecule has 202 valence electrons. The van der Waals surface area contributed by atoms with Gasteiger partial charge in [0.25, 0.3) is 0 Å². The molecule has 1 aliphatic carbocycles. The summed E-state index contributed by atoms with van der Waals surface area (Å²) in [4.78, 5) is 23.5.